The van der Waals surface area contributed by atoms with Crippen LogP contribution in [0.5, 0.6) is 0 Å². The summed E-state index contributed by atoms with van der Waals surface area (Å²) in [5.74, 6) is -3.81. The summed E-state index contributed by atoms with van der Waals surface area (Å²) in [6, 6.07) is 7.52. The van der Waals surface area contributed by atoms with E-state index >= 15 is 4.39 Å². The quantitative estimate of drug-likeness (QED) is 0.286. The Kier molecular flexibility index (Phi) is 8.85. The number of hydrogen-bond donors (Lipinski definition) is 2. The molecule has 2 N–H and O–H groups in total. The molecule has 2 aromatic heterocycles. The van der Waals surface area contributed by atoms with E-state index in [2.05, 4.69) is 10.3 Å². The number of carbonyl (C=O) groups excluding carboxylic acids is 1. The number of ether oxygens (including phenoxy) is 1. The SMILES string of the molecule is Cc1cc(N2CCOC[C@@H]2C(F)(F)F)cc(F)c1C(=O)N[C@@H](Cc1ccc(-n2c(=O)c3c(C#N)cccc3n(C)c2=O)nc1)C(=O)O. The number of anilines is 1. The highest BCUT2D eigenvalue weighted by atomic mass is 19.4. The van der Waals surface area contributed by atoms with Gasteiger partial charge in [0.05, 0.1) is 35.2 Å². The fourth-order valence-electron chi connectivity index (χ4n) is 5.49. The van der Waals surface area contributed by atoms with Crippen LogP contribution < -0.4 is 21.5 Å². The molecule has 0 radical (unpaired) electrons. The summed E-state index contributed by atoms with van der Waals surface area (Å²) in [5, 5.41) is 21.5. The number of carboxylic acids is 1. The molecule has 244 valence electrons. The third-order valence-corrected chi connectivity index (χ3v) is 7.84. The molecule has 1 aliphatic heterocycles. The van der Waals surface area contributed by atoms with Gasteiger partial charge in [0, 0.05) is 31.9 Å². The van der Waals surface area contributed by atoms with Crippen LogP contribution in [-0.4, -0.2) is 69.1 Å². The molecule has 16 heteroatoms. The highest BCUT2D eigenvalue weighted by Gasteiger charge is 2.45. The number of carbonyl (C=O) groups is 2. The molecule has 0 aliphatic carbocycles. The molecule has 0 saturated carbocycles. The van der Waals surface area contributed by atoms with Gasteiger partial charge in [0.1, 0.15) is 29.8 Å². The zero-order valence-electron chi connectivity index (χ0n) is 24.8. The molecule has 1 amide bonds. The normalized spacial score (nSPS) is 15.7. The number of amides is 1. The minimum atomic E-state index is -4.65. The zero-order valence-corrected chi connectivity index (χ0v) is 24.8. The van der Waals surface area contributed by atoms with Gasteiger partial charge in [-0.3, -0.25) is 14.2 Å². The average Bonchev–Trinajstić information content (AvgIpc) is 3.03. The number of nitrogens with one attached hydrogen (secondary N) is 1. The summed E-state index contributed by atoms with van der Waals surface area (Å²) >= 11 is 0. The number of rotatable bonds is 7. The molecule has 1 aliphatic rings. The molecule has 1 fully saturated rings. The first-order valence-electron chi connectivity index (χ1n) is 14.1. The third-order valence-electron chi connectivity index (χ3n) is 7.84. The number of pyridine rings is 1. The Morgan fingerprint density at radius 3 is 2.57 bits per heavy atom. The number of halogens is 4. The number of aromatic nitrogens is 3. The number of hydrogen-bond acceptors (Lipinski definition) is 8. The molecular formula is C31H26F4N6O6. The Bertz CT molecular complexity index is 2030. The van der Waals surface area contributed by atoms with Crippen molar-refractivity contribution in [1.29, 1.82) is 5.26 Å². The van der Waals surface area contributed by atoms with Crippen molar-refractivity contribution >= 4 is 28.5 Å². The van der Waals surface area contributed by atoms with E-state index in [4.69, 9.17) is 4.74 Å². The number of nitriles is 1. The first kappa shape index (κ1) is 32.8. The highest BCUT2D eigenvalue weighted by molar-refractivity contribution is 5.98. The van der Waals surface area contributed by atoms with Crippen molar-refractivity contribution in [2.75, 3.05) is 24.7 Å². The summed E-state index contributed by atoms with van der Waals surface area (Å²) < 4.78 is 62.8. The van der Waals surface area contributed by atoms with Crippen molar-refractivity contribution in [3.63, 3.8) is 0 Å². The van der Waals surface area contributed by atoms with Gasteiger partial charge in [-0.1, -0.05) is 12.1 Å². The number of morpholine rings is 1. The lowest BCUT2D eigenvalue weighted by atomic mass is 10.0. The second-order valence-corrected chi connectivity index (χ2v) is 10.8. The molecule has 12 nitrogen and oxygen atoms in total. The van der Waals surface area contributed by atoms with E-state index in [-0.39, 0.29) is 58.7 Å². The molecule has 0 unspecified atom stereocenters. The van der Waals surface area contributed by atoms with Crippen LogP contribution in [0.1, 0.15) is 27.0 Å². The first-order chi connectivity index (χ1) is 22.2. The minimum absolute atomic E-state index is 0.0105. The van der Waals surface area contributed by atoms with Crippen LogP contribution >= 0.6 is 0 Å². The van der Waals surface area contributed by atoms with E-state index in [9.17, 15) is 42.7 Å². The Morgan fingerprint density at radius 2 is 1.96 bits per heavy atom. The van der Waals surface area contributed by atoms with Gasteiger partial charge in [-0.2, -0.15) is 18.4 Å². The summed E-state index contributed by atoms with van der Waals surface area (Å²) in [6.07, 6.45) is -3.79. The Morgan fingerprint density at radius 1 is 1.21 bits per heavy atom. The monoisotopic (exact) mass is 654 g/mol. The van der Waals surface area contributed by atoms with Crippen LogP contribution in [0.3, 0.4) is 0 Å². The number of carboxylic acid groups (broad SMARTS) is 1. The maximum atomic E-state index is 15.2. The van der Waals surface area contributed by atoms with Crippen LogP contribution in [0.15, 0.2) is 58.3 Å². The van der Waals surface area contributed by atoms with Crippen molar-refractivity contribution in [2.24, 2.45) is 7.05 Å². The lowest BCUT2D eigenvalue weighted by molar-refractivity contribution is -0.167. The molecule has 2 aromatic carbocycles. The topological polar surface area (TPSA) is 160 Å². The zero-order chi connectivity index (χ0) is 34.2. The fraction of sp³-hybridized carbons (Fsp3) is 0.290. The van der Waals surface area contributed by atoms with Crippen molar-refractivity contribution in [3.8, 4) is 11.9 Å². The van der Waals surface area contributed by atoms with Gasteiger partial charge in [0.25, 0.3) is 11.5 Å². The second-order valence-electron chi connectivity index (χ2n) is 10.8. The van der Waals surface area contributed by atoms with Crippen LogP contribution in [0.25, 0.3) is 16.7 Å². The second kappa shape index (κ2) is 12.7. The Labute approximate surface area is 263 Å². The van der Waals surface area contributed by atoms with E-state index in [0.717, 1.165) is 15.5 Å². The number of benzene rings is 2. The smallest absolute Gasteiger partial charge is 0.411 e. The lowest BCUT2D eigenvalue weighted by Crippen LogP contribution is -2.53. The Hall–Kier alpha value is -5.56. The number of aliphatic carboxylic acids is 1. The number of aryl methyl sites for hydroxylation is 2. The van der Waals surface area contributed by atoms with Crippen molar-refractivity contribution < 1.29 is 37.0 Å². The first-order valence-corrected chi connectivity index (χ1v) is 14.1. The van der Waals surface area contributed by atoms with E-state index in [0.29, 0.717) is 0 Å². The molecular weight excluding hydrogens is 628 g/mol. The third kappa shape index (κ3) is 6.29. The van der Waals surface area contributed by atoms with Crippen LogP contribution in [-0.2, 0) is 23.0 Å². The number of alkyl halides is 3. The van der Waals surface area contributed by atoms with Gasteiger partial charge < -0.3 is 20.1 Å². The summed E-state index contributed by atoms with van der Waals surface area (Å²) in [7, 11) is 1.43. The van der Waals surface area contributed by atoms with E-state index < -0.39 is 59.4 Å². The van der Waals surface area contributed by atoms with Crippen LogP contribution in [0, 0.1) is 24.1 Å². The largest absolute Gasteiger partial charge is 0.480 e. The van der Waals surface area contributed by atoms with Crippen molar-refractivity contribution in [3.05, 3.63) is 97.6 Å². The predicted molar refractivity (Wildman–Crippen MR) is 159 cm³/mol. The predicted octanol–water partition coefficient (Wildman–Crippen LogP) is 2.60. The standard InChI is InChI=1S/C31H26F4N6O6/c1-16-10-19(40-8-9-47-15-23(40)31(33,34)35)12-20(32)25(16)27(42)38-21(29(44)45)11-17-6-7-24(37-14-17)41-28(43)26-18(13-36)4-3-5-22(26)39(2)30(41)46/h3-7,10,12,14,21,23H,8-9,11,15H2,1-2H3,(H,38,42)(H,44,45)/t21-,23+/m0/s1. The lowest BCUT2D eigenvalue weighted by Gasteiger charge is -2.38. The molecule has 4 aromatic rings. The summed E-state index contributed by atoms with van der Waals surface area (Å²) in [6.45, 7) is 0.513. The molecule has 5 rings (SSSR count). The van der Waals surface area contributed by atoms with E-state index in [1.54, 1.807) is 0 Å². The van der Waals surface area contributed by atoms with Gasteiger partial charge in [-0.05, 0) is 48.4 Å². The Balaban J connectivity index is 1.38. The highest BCUT2D eigenvalue weighted by Crippen LogP contribution is 2.33. The molecule has 0 spiro atoms. The van der Waals surface area contributed by atoms with Crippen LogP contribution in [0.2, 0.25) is 0 Å². The van der Waals surface area contributed by atoms with Gasteiger partial charge in [-0.15, -0.1) is 0 Å². The molecule has 47 heavy (non-hydrogen) atoms. The number of fused-ring (bicyclic) bond motifs is 1. The van der Waals surface area contributed by atoms with Crippen molar-refractivity contribution in [2.45, 2.75) is 31.6 Å². The van der Waals surface area contributed by atoms with Crippen molar-refractivity contribution in [1.82, 2.24) is 19.4 Å². The average molecular weight is 655 g/mol. The summed E-state index contributed by atoms with van der Waals surface area (Å²) in [4.78, 5) is 56.5. The van der Waals surface area contributed by atoms with Gasteiger partial charge in [-0.25, -0.2) is 23.5 Å². The van der Waals surface area contributed by atoms with E-state index in [1.807, 2.05) is 6.07 Å². The molecule has 2 atom stereocenters. The molecule has 1 saturated heterocycles. The van der Waals surface area contributed by atoms with Gasteiger partial charge in [0.15, 0.2) is 0 Å². The fourth-order valence-corrected chi connectivity index (χ4v) is 5.49. The minimum Gasteiger partial charge on any atom is -0.480 e. The summed E-state index contributed by atoms with van der Waals surface area (Å²) in [5.41, 5.74) is -1.59. The maximum absolute atomic E-state index is 15.2. The maximum Gasteiger partial charge on any atom is 0.411 e. The van der Waals surface area contributed by atoms with E-state index in [1.165, 1.54) is 61.1 Å². The van der Waals surface area contributed by atoms with Crippen LogP contribution in [0.4, 0.5) is 23.2 Å². The molecule has 0 bridgehead atoms. The van der Waals surface area contributed by atoms with Gasteiger partial charge in [0.2, 0.25) is 0 Å². The van der Waals surface area contributed by atoms with Gasteiger partial charge >= 0.3 is 17.8 Å². The number of nitrogens with zero attached hydrogens (tertiary/aromatic N) is 5. The molecule has 3 heterocycles.